The number of nitrogens with zero attached hydrogens (tertiary/aromatic N) is 1. The van der Waals surface area contributed by atoms with E-state index in [0.29, 0.717) is 0 Å². The minimum atomic E-state index is 0.879. The van der Waals surface area contributed by atoms with Crippen LogP contribution in [-0.4, -0.2) is 0 Å². The van der Waals surface area contributed by atoms with Crippen LogP contribution in [0.4, 0.5) is 17.1 Å². The number of hydrogen-bond donors (Lipinski definition) is 0. The van der Waals surface area contributed by atoms with Crippen molar-refractivity contribution in [3.05, 3.63) is 90.5 Å². The topological polar surface area (TPSA) is 3.24 Å². The number of alkyl halides is 1. The van der Waals surface area contributed by atoms with Crippen molar-refractivity contribution in [2.75, 3.05) is 4.90 Å². The van der Waals surface area contributed by atoms with Crippen LogP contribution in [0.2, 0.25) is 0 Å². The van der Waals surface area contributed by atoms with Crippen molar-refractivity contribution in [3.8, 4) is 0 Å². The highest BCUT2D eigenvalue weighted by Gasteiger charge is 2.11. The van der Waals surface area contributed by atoms with E-state index in [2.05, 4.69) is 93.6 Å². The van der Waals surface area contributed by atoms with Crippen LogP contribution in [0.25, 0.3) is 0 Å². The van der Waals surface area contributed by atoms with Crippen LogP contribution in [0, 0.1) is 0 Å². The Morgan fingerprint density at radius 2 is 1.00 bits per heavy atom. The third-order valence-electron chi connectivity index (χ3n) is 3.38. The standard InChI is InChI=1S/C19H16BrN/c20-15-16-11-13-19(14-12-16)21(17-7-3-1-4-8-17)18-9-5-2-6-10-18/h1-14H,15H2. The van der Waals surface area contributed by atoms with Crippen molar-refractivity contribution in [1.29, 1.82) is 0 Å². The minimum Gasteiger partial charge on any atom is -0.311 e. The Bertz CT molecular complexity index is 638. The quantitative estimate of drug-likeness (QED) is 0.523. The van der Waals surface area contributed by atoms with Crippen LogP contribution >= 0.6 is 15.9 Å². The zero-order chi connectivity index (χ0) is 14.5. The van der Waals surface area contributed by atoms with Gasteiger partial charge < -0.3 is 4.90 Å². The van der Waals surface area contributed by atoms with Crippen molar-refractivity contribution in [3.63, 3.8) is 0 Å². The van der Waals surface area contributed by atoms with Gasteiger partial charge in [0.25, 0.3) is 0 Å². The largest absolute Gasteiger partial charge is 0.311 e. The molecule has 3 rings (SSSR count). The number of anilines is 3. The van der Waals surface area contributed by atoms with Gasteiger partial charge in [-0.25, -0.2) is 0 Å². The first-order valence-electron chi connectivity index (χ1n) is 6.93. The molecule has 0 radical (unpaired) electrons. The highest BCUT2D eigenvalue weighted by Crippen LogP contribution is 2.34. The fourth-order valence-electron chi connectivity index (χ4n) is 2.34. The summed E-state index contributed by atoms with van der Waals surface area (Å²) < 4.78 is 0. The molecule has 0 atom stereocenters. The number of hydrogen-bond acceptors (Lipinski definition) is 1. The lowest BCUT2D eigenvalue weighted by atomic mass is 10.1. The van der Waals surface area contributed by atoms with Gasteiger partial charge in [0.05, 0.1) is 0 Å². The molecule has 0 aliphatic heterocycles. The Morgan fingerprint density at radius 3 is 1.43 bits per heavy atom. The average molecular weight is 338 g/mol. The maximum Gasteiger partial charge on any atom is 0.0461 e. The Morgan fingerprint density at radius 1 is 0.571 bits per heavy atom. The highest BCUT2D eigenvalue weighted by atomic mass is 79.9. The van der Waals surface area contributed by atoms with Gasteiger partial charge in [-0.15, -0.1) is 0 Å². The van der Waals surface area contributed by atoms with E-state index in [-0.39, 0.29) is 0 Å². The van der Waals surface area contributed by atoms with Gasteiger partial charge in [0.1, 0.15) is 0 Å². The van der Waals surface area contributed by atoms with E-state index >= 15 is 0 Å². The lowest BCUT2D eigenvalue weighted by molar-refractivity contribution is 1.27. The minimum absolute atomic E-state index is 0.879. The summed E-state index contributed by atoms with van der Waals surface area (Å²) in [7, 11) is 0. The molecule has 0 aliphatic rings. The van der Waals surface area contributed by atoms with Crippen LogP contribution in [0.3, 0.4) is 0 Å². The fourth-order valence-corrected chi connectivity index (χ4v) is 2.71. The average Bonchev–Trinajstić information content (AvgIpc) is 2.58. The van der Waals surface area contributed by atoms with Gasteiger partial charge in [-0.2, -0.15) is 0 Å². The maximum absolute atomic E-state index is 3.50. The van der Waals surface area contributed by atoms with Crippen LogP contribution in [-0.2, 0) is 5.33 Å². The third kappa shape index (κ3) is 3.17. The zero-order valence-electron chi connectivity index (χ0n) is 11.6. The second-order valence-corrected chi connectivity index (χ2v) is 5.37. The lowest BCUT2D eigenvalue weighted by Crippen LogP contribution is -2.09. The van der Waals surface area contributed by atoms with E-state index in [1.165, 1.54) is 5.56 Å². The van der Waals surface area contributed by atoms with Crippen molar-refractivity contribution < 1.29 is 0 Å². The number of benzene rings is 3. The first kappa shape index (κ1) is 13.9. The van der Waals surface area contributed by atoms with Gasteiger partial charge >= 0.3 is 0 Å². The van der Waals surface area contributed by atoms with E-state index in [1.807, 2.05) is 12.1 Å². The summed E-state index contributed by atoms with van der Waals surface area (Å²) >= 11 is 3.50. The maximum atomic E-state index is 3.50. The molecular weight excluding hydrogens is 322 g/mol. The van der Waals surface area contributed by atoms with E-state index in [9.17, 15) is 0 Å². The molecule has 0 saturated heterocycles. The molecule has 0 spiro atoms. The Hall–Kier alpha value is -2.06. The summed E-state index contributed by atoms with van der Waals surface area (Å²) in [6.07, 6.45) is 0. The molecule has 3 aromatic rings. The van der Waals surface area contributed by atoms with E-state index in [4.69, 9.17) is 0 Å². The van der Waals surface area contributed by atoms with E-state index < -0.39 is 0 Å². The van der Waals surface area contributed by atoms with Crippen LogP contribution < -0.4 is 4.90 Å². The number of halogens is 1. The Labute approximate surface area is 134 Å². The molecule has 1 nitrogen and oxygen atoms in total. The first-order valence-corrected chi connectivity index (χ1v) is 8.06. The predicted molar refractivity (Wildman–Crippen MR) is 93.8 cm³/mol. The molecular formula is C19H16BrN. The normalized spacial score (nSPS) is 10.3. The summed E-state index contributed by atoms with van der Waals surface area (Å²) in [6.45, 7) is 0. The summed E-state index contributed by atoms with van der Waals surface area (Å²) in [5, 5.41) is 0.879. The van der Waals surface area contributed by atoms with Crippen molar-refractivity contribution >= 4 is 33.0 Å². The van der Waals surface area contributed by atoms with Crippen molar-refractivity contribution in [1.82, 2.24) is 0 Å². The SMILES string of the molecule is BrCc1ccc(N(c2ccccc2)c2ccccc2)cc1. The third-order valence-corrected chi connectivity index (χ3v) is 4.03. The fraction of sp³-hybridized carbons (Fsp3) is 0.0526. The summed E-state index contributed by atoms with van der Waals surface area (Å²) in [5.74, 6) is 0. The van der Waals surface area contributed by atoms with Gasteiger partial charge in [0, 0.05) is 22.4 Å². The molecule has 0 aliphatic carbocycles. The molecule has 0 fully saturated rings. The lowest BCUT2D eigenvalue weighted by Gasteiger charge is -2.25. The Kier molecular flexibility index (Phi) is 4.37. The molecule has 0 aromatic heterocycles. The zero-order valence-corrected chi connectivity index (χ0v) is 13.2. The molecule has 3 aromatic carbocycles. The second kappa shape index (κ2) is 6.59. The highest BCUT2D eigenvalue weighted by molar-refractivity contribution is 9.08. The van der Waals surface area contributed by atoms with Crippen LogP contribution in [0.5, 0.6) is 0 Å². The molecule has 0 heterocycles. The van der Waals surface area contributed by atoms with Crippen LogP contribution in [0.1, 0.15) is 5.56 Å². The first-order chi connectivity index (χ1) is 10.4. The molecule has 21 heavy (non-hydrogen) atoms. The molecule has 2 heteroatoms. The monoisotopic (exact) mass is 337 g/mol. The number of para-hydroxylation sites is 2. The van der Waals surface area contributed by atoms with Gasteiger partial charge in [0.2, 0.25) is 0 Å². The molecule has 0 bridgehead atoms. The molecule has 0 amide bonds. The predicted octanol–water partition coefficient (Wildman–Crippen LogP) is 6.05. The number of rotatable bonds is 4. The Balaban J connectivity index is 2.07. The summed E-state index contributed by atoms with van der Waals surface area (Å²) in [6, 6.07) is 29.5. The van der Waals surface area contributed by atoms with Crippen molar-refractivity contribution in [2.24, 2.45) is 0 Å². The second-order valence-electron chi connectivity index (χ2n) is 4.81. The smallest absolute Gasteiger partial charge is 0.0461 e. The van der Waals surface area contributed by atoms with Crippen LogP contribution in [0.15, 0.2) is 84.9 Å². The van der Waals surface area contributed by atoms with Gasteiger partial charge in [-0.05, 0) is 42.0 Å². The molecule has 0 unspecified atom stereocenters. The molecule has 0 saturated carbocycles. The van der Waals surface area contributed by atoms with Gasteiger partial charge in [-0.3, -0.25) is 0 Å². The van der Waals surface area contributed by atoms with Crippen molar-refractivity contribution in [2.45, 2.75) is 5.33 Å². The summed E-state index contributed by atoms with van der Waals surface area (Å²) in [4.78, 5) is 2.26. The van der Waals surface area contributed by atoms with Gasteiger partial charge in [-0.1, -0.05) is 64.5 Å². The molecule has 0 N–H and O–H groups in total. The van der Waals surface area contributed by atoms with E-state index in [0.717, 1.165) is 22.4 Å². The van der Waals surface area contributed by atoms with E-state index in [1.54, 1.807) is 0 Å². The van der Waals surface area contributed by atoms with Gasteiger partial charge in [0.15, 0.2) is 0 Å². The summed E-state index contributed by atoms with van der Waals surface area (Å²) in [5.41, 5.74) is 4.77. The molecule has 104 valence electrons.